The van der Waals surface area contributed by atoms with Gasteiger partial charge < -0.3 is 5.32 Å². The fourth-order valence-corrected chi connectivity index (χ4v) is 2.25. The molecular weight excluding hydrogens is 328 g/mol. The van der Waals surface area contributed by atoms with Gasteiger partial charge in [0, 0.05) is 24.9 Å². The van der Waals surface area contributed by atoms with E-state index in [1.165, 1.54) is 28.9 Å². The maximum absolute atomic E-state index is 12.2. The van der Waals surface area contributed by atoms with Crippen molar-refractivity contribution >= 4 is 33.2 Å². The van der Waals surface area contributed by atoms with Crippen molar-refractivity contribution in [1.29, 1.82) is 0 Å². The highest BCUT2D eigenvalue weighted by Crippen LogP contribution is 2.22. The second-order valence-corrected chi connectivity index (χ2v) is 4.92. The fraction of sp³-hybridized carbons (Fsp3) is 0.167. The molecule has 0 aliphatic rings. The van der Waals surface area contributed by atoms with Gasteiger partial charge in [0.2, 0.25) is 0 Å². The highest BCUT2D eigenvalue weighted by Gasteiger charge is 2.18. The topological polar surface area (TPSA) is 90.1 Å². The summed E-state index contributed by atoms with van der Waals surface area (Å²) in [5, 5.41) is 17.3. The molecule has 0 unspecified atom stereocenters. The molecule has 1 aromatic heterocycles. The summed E-state index contributed by atoms with van der Waals surface area (Å²) in [5.41, 5.74) is 1.55. The van der Waals surface area contributed by atoms with Crippen molar-refractivity contribution in [3.63, 3.8) is 0 Å². The van der Waals surface area contributed by atoms with E-state index in [-0.39, 0.29) is 11.6 Å². The first kappa shape index (κ1) is 14.2. The van der Waals surface area contributed by atoms with Crippen LogP contribution in [-0.4, -0.2) is 20.6 Å². The summed E-state index contributed by atoms with van der Waals surface area (Å²) in [5.74, 6) is -0.339. The Bertz CT molecular complexity index is 679. The lowest BCUT2D eigenvalue weighted by Gasteiger charge is -2.05. The van der Waals surface area contributed by atoms with Gasteiger partial charge in [-0.25, -0.2) is 0 Å². The Kier molecular flexibility index (Phi) is 3.84. The maximum atomic E-state index is 12.2. The fourth-order valence-electron chi connectivity index (χ4n) is 1.74. The molecule has 8 heteroatoms. The predicted molar refractivity (Wildman–Crippen MR) is 76.7 cm³/mol. The first-order valence-corrected chi connectivity index (χ1v) is 6.44. The number of aromatic nitrogens is 2. The number of hydrogen-bond acceptors (Lipinski definition) is 4. The van der Waals surface area contributed by atoms with Crippen molar-refractivity contribution in [2.45, 2.75) is 6.92 Å². The SMILES string of the molecule is Cc1nn(C)c(C(=O)Nc2ccc([N+](=O)[O-])cc2)c1Br. The van der Waals surface area contributed by atoms with Crippen molar-refractivity contribution in [2.24, 2.45) is 7.05 Å². The Morgan fingerprint density at radius 2 is 2.00 bits per heavy atom. The summed E-state index contributed by atoms with van der Waals surface area (Å²) < 4.78 is 2.10. The zero-order chi connectivity index (χ0) is 14.9. The lowest BCUT2D eigenvalue weighted by molar-refractivity contribution is -0.384. The zero-order valence-electron chi connectivity index (χ0n) is 10.8. The summed E-state index contributed by atoms with van der Waals surface area (Å²) in [4.78, 5) is 22.2. The Morgan fingerprint density at radius 1 is 1.40 bits per heavy atom. The minimum atomic E-state index is -0.493. The van der Waals surface area contributed by atoms with Gasteiger partial charge in [-0.15, -0.1) is 0 Å². The van der Waals surface area contributed by atoms with Gasteiger partial charge in [0.15, 0.2) is 0 Å². The molecule has 0 aliphatic heterocycles. The van der Waals surface area contributed by atoms with Crippen LogP contribution in [0, 0.1) is 17.0 Å². The lowest BCUT2D eigenvalue weighted by Crippen LogP contribution is -2.16. The van der Waals surface area contributed by atoms with Crippen molar-refractivity contribution in [1.82, 2.24) is 9.78 Å². The van der Waals surface area contributed by atoms with Crippen LogP contribution in [0.15, 0.2) is 28.7 Å². The molecule has 7 nitrogen and oxygen atoms in total. The van der Waals surface area contributed by atoms with Crippen molar-refractivity contribution in [2.75, 3.05) is 5.32 Å². The third-order valence-corrected chi connectivity index (χ3v) is 3.65. The van der Waals surface area contributed by atoms with Crippen molar-refractivity contribution in [3.05, 3.63) is 50.2 Å². The molecule has 1 heterocycles. The number of carbonyl (C=O) groups is 1. The second-order valence-electron chi connectivity index (χ2n) is 4.13. The molecule has 0 bridgehead atoms. The molecule has 2 rings (SSSR count). The first-order valence-electron chi connectivity index (χ1n) is 5.65. The third kappa shape index (κ3) is 2.69. The maximum Gasteiger partial charge on any atom is 0.275 e. The average Bonchev–Trinajstić information content (AvgIpc) is 2.63. The summed E-state index contributed by atoms with van der Waals surface area (Å²) in [7, 11) is 1.67. The molecule has 0 fully saturated rings. The molecule has 1 amide bonds. The van der Waals surface area contributed by atoms with Crippen LogP contribution in [0.25, 0.3) is 0 Å². The highest BCUT2D eigenvalue weighted by atomic mass is 79.9. The van der Waals surface area contributed by atoms with E-state index in [9.17, 15) is 14.9 Å². The summed E-state index contributed by atoms with van der Waals surface area (Å²) in [6.07, 6.45) is 0. The van der Waals surface area contributed by atoms with Gasteiger partial charge in [0.1, 0.15) is 5.69 Å². The van der Waals surface area contributed by atoms with E-state index in [4.69, 9.17) is 0 Å². The largest absolute Gasteiger partial charge is 0.321 e. The second kappa shape index (κ2) is 5.41. The number of rotatable bonds is 3. The number of anilines is 1. The smallest absolute Gasteiger partial charge is 0.275 e. The number of hydrogen-bond donors (Lipinski definition) is 1. The van der Waals surface area contributed by atoms with Gasteiger partial charge in [0.25, 0.3) is 11.6 Å². The molecule has 1 aromatic carbocycles. The number of nitro groups is 1. The van der Waals surface area contributed by atoms with E-state index in [1.807, 2.05) is 0 Å². The molecule has 104 valence electrons. The number of non-ortho nitro benzene ring substituents is 1. The minimum absolute atomic E-state index is 0.0273. The monoisotopic (exact) mass is 338 g/mol. The number of halogens is 1. The quantitative estimate of drug-likeness (QED) is 0.688. The van der Waals surface area contributed by atoms with Gasteiger partial charge in [-0.2, -0.15) is 5.10 Å². The molecular formula is C12H11BrN4O3. The number of nitro benzene ring substituents is 1. The normalized spacial score (nSPS) is 10.3. The van der Waals surface area contributed by atoms with E-state index in [2.05, 4.69) is 26.3 Å². The molecule has 0 radical (unpaired) electrons. The lowest BCUT2D eigenvalue weighted by atomic mass is 10.2. The van der Waals surface area contributed by atoms with Crippen LogP contribution >= 0.6 is 15.9 Å². The van der Waals surface area contributed by atoms with E-state index in [0.29, 0.717) is 21.5 Å². The number of nitrogens with one attached hydrogen (secondary N) is 1. The number of nitrogens with zero attached hydrogens (tertiary/aromatic N) is 3. The molecule has 0 aliphatic carbocycles. The number of amides is 1. The van der Waals surface area contributed by atoms with E-state index in [0.717, 1.165) is 0 Å². The van der Waals surface area contributed by atoms with Gasteiger partial charge in [-0.05, 0) is 35.0 Å². The molecule has 1 N–H and O–H groups in total. The van der Waals surface area contributed by atoms with Crippen LogP contribution < -0.4 is 5.32 Å². The van der Waals surface area contributed by atoms with E-state index >= 15 is 0 Å². The van der Waals surface area contributed by atoms with E-state index < -0.39 is 4.92 Å². The van der Waals surface area contributed by atoms with Crippen molar-refractivity contribution < 1.29 is 9.72 Å². The van der Waals surface area contributed by atoms with Crippen LogP contribution in [0.5, 0.6) is 0 Å². The van der Waals surface area contributed by atoms with Crippen LogP contribution in [0.3, 0.4) is 0 Å². The first-order chi connectivity index (χ1) is 9.40. The third-order valence-electron chi connectivity index (χ3n) is 2.70. The minimum Gasteiger partial charge on any atom is -0.321 e. The van der Waals surface area contributed by atoms with Gasteiger partial charge in [-0.3, -0.25) is 19.6 Å². The number of carbonyl (C=O) groups excluding carboxylic acids is 1. The summed E-state index contributed by atoms with van der Waals surface area (Å²) in [6, 6.07) is 5.62. The van der Waals surface area contributed by atoms with Crippen LogP contribution in [-0.2, 0) is 7.05 Å². The zero-order valence-corrected chi connectivity index (χ0v) is 12.3. The summed E-state index contributed by atoms with van der Waals surface area (Å²) in [6.45, 7) is 1.78. The molecule has 20 heavy (non-hydrogen) atoms. The van der Waals surface area contributed by atoms with Crippen LogP contribution in [0.4, 0.5) is 11.4 Å². The predicted octanol–water partition coefficient (Wildman–Crippen LogP) is 2.65. The Balaban J connectivity index is 2.21. The van der Waals surface area contributed by atoms with Gasteiger partial charge >= 0.3 is 0 Å². The van der Waals surface area contributed by atoms with Crippen molar-refractivity contribution in [3.8, 4) is 0 Å². The Morgan fingerprint density at radius 3 is 2.45 bits per heavy atom. The number of benzene rings is 1. The number of aryl methyl sites for hydroxylation is 2. The van der Waals surface area contributed by atoms with E-state index in [1.54, 1.807) is 14.0 Å². The molecule has 0 atom stereocenters. The molecule has 0 spiro atoms. The van der Waals surface area contributed by atoms with Gasteiger partial charge in [0.05, 0.1) is 15.1 Å². The Hall–Kier alpha value is -2.22. The standard InChI is InChI=1S/C12H11BrN4O3/c1-7-10(13)11(16(2)15-7)12(18)14-8-3-5-9(6-4-8)17(19)20/h3-6H,1-2H3,(H,14,18). The molecule has 0 saturated heterocycles. The van der Waals surface area contributed by atoms with Crippen LogP contribution in [0.2, 0.25) is 0 Å². The van der Waals surface area contributed by atoms with Crippen LogP contribution in [0.1, 0.15) is 16.2 Å². The molecule has 0 saturated carbocycles. The van der Waals surface area contributed by atoms with Gasteiger partial charge in [-0.1, -0.05) is 0 Å². The summed E-state index contributed by atoms with van der Waals surface area (Å²) >= 11 is 3.31. The highest BCUT2D eigenvalue weighted by molar-refractivity contribution is 9.10. The average molecular weight is 339 g/mol. The molecule has 2 aromatic rings. The Labute approximate surface area is 122 Å².